The minimum atomic E-state index is -3.72. The van der Waals surface area contributed by atoms with E-state index < -0.39 is 10.0 Å². The molecular formula is C17H16ClN3O2S. The van der Waals surface area contributed by atoms with E-state index in [0.29, 0.717) is 16.4 Å². The summed E-state index contributed by atoms with van der Waals surface area (Å²) < 4.78 is 29.5. The van der Waals surface area contributed by atoms with E-state index in [0.717, 1.165) is 11.1 Å². The predicted octanol–water partition coefficient (Wildman–Crippen LogP) is 3.94. The summed E-state index contributed by atoms with van der Waals surface area (Å²) in [7, 11) is -3.72. The average Bonchev–Trinajstić information content (AvgIpc) is 2.94. The Balaban J connectivity index is 2.03. The molecule has 5 nitrogen and oxygen atoms in total. The lowest BCUT2D eigenvalue weighted by Crippen LogP contribution is -2.15. The maximum atomic E-state index is 12.6. The number of nitrogens with zero attached hydrogens (tertiary/aromatic N) is 2. The summed E-state index contributed by atoms with van der Waals surface area (Å²) in [6.07, 6.45) is 3.51. The van der Waals surface area contributed by atoms with Gasteiger partial charge in [0.1, 0.15) is 0 Å². The van der Waals surface area contributed by atoms with Crippen molar-refractivity contribution < 1.29 is 8.42 Å². The van der Waals surface area contributed by atoms with E-state index in [1.54, 1.807) is 53.3 Å². The van der Waals surface area contributed by atoms with Gasteiger partial charge in [-0.05, 0) is 49.7 Å². The maximum Gasteiger partial charge on any atom is 0.261 e. The van der Waals surface area contributed by atoms with Gasteiger partial charge in [-0.2, -0.15) is 5.10 Å². The number of benzene rings is 2. The van der Waals surface area contributed by atoms with Crippen molar-refractivity contribution in [2.24, 2.45) is 0 Å². The normalized spacial score (nSPS) is 11.5. The summed E-state index contributed by atoms with van der Waals surface area (Å²) in [5.41, 5.74) is 2.93. The first-order valence-corrected chi connectivity index (χ1v) is 9.12. The number of sulfonamides is 1. The molecule has 2 aromatic carbocycles. The topological polar surface area (TPSA) is 64.0 Å². The zero-order valence-electron chi connectivity index (χ0n) is 13.2. The molecule has 0 unspecified atom stereocenters. The number of aryl methyl sites for hydroxylation is 2. The number of rotatable bonds is 4. The Kier molecular flexibility index (Phi) is 4.34. The highest BCUT2D eigenvalue weighted by Crippen LogP contribution is 2.27. The summed E-state index contributed by atoms with van der Waals surface area (Å²) in [5.74, 6) is 0. The second-order valence-electron chi connectivity index (χ2n) is 5.54. The highest BCUT2D eigenvalue weighted by molar-refractivity contribution is 7.92. The Bertz CT molecular complexity index is 979. The Labute approximate surface area is 145 Å². The van der Waals surface area contributed by atoms with Gasteiger partial charge in [-0.15, -0.1) is 0 Å². The second-order valence-corrected chi connectivity index (χ2v) is 7.66. The second kappa shape index (κ2) is 6.30. The third-order valence-corrected chi connectivity index (χ3v) is 5.11. The third-order valence-electron chi connectivity index (χ3n) is 3.49. The fraction of sp³-hybridized carbons (Fsp3) is 0.118. The molecule has 1 N–H and O–H groups in total. The Morgan fingerprint density at radius 2 is 1.75 bits per heavy atom. The van der Waals surface area contributed by atoms with E-state index in [-0.39, 0.29) is 4.90 Å². The lowest BCUT2D eigenvalue weighted by atomic mass is 10.2. The molecule has 0 aliphatic heterocycles. The molecule has 0 aliphatic rings. The van der Waals surface area contributed by atoms with Crippen LogP contribution in [-0.2, 0) is 10.0 Å². The Morgan fingerprint density at radius 3 is 2.38 bits per heavy atom. The zero-order chi connectivity index (χ0) is 17.3. The summed E-state index contributed by atoms with van der Waals surface area (Å²) in [5, 5.41) is 4.66. The van der Waals surface area contributed by atoms with Gasteiger partial charge in [0.25, 0.3) is 10.0 Å². The zero-order valence-corrected chi connectivity index (χ0v) is 14.8. The molecule has 24 heavy (non-hydrogen) atoms. The number of aromatic nitrogens is 2. The van der Waals surface area contributed by atoms with E-state index in [1.807, 2.05) is 20.0 Å². The standard InChI is InChI=1S/C17H16ClN3O2S/c1-12-3-6-15(7-4-12)24(22,23)20-16-9-14(18)5-8-17(16)21-11-13(2)10-19-21/h3-11,20H,1-2H3. The van der Waals surface area contributed by atoms with Gasteiger partial charge in [-0.1, -0.05) is 29.3 Å². The van der Waals surface area contributed by atoms with E-state index in [1.165, 1.54) is 0 Å². The molecule has 0 saturated carbocycles. The highest BCUT2D eigenvalue weighted by Gasteiger charge is 2.17. The minimum Gasteiger partial charge on any atom is -0.277 e. The van der Waals surface area contributed by atoms with Crippen LogP contribution < -0.4 is 4.72 Å². The van der Waals surface area contributed by atoms with Crippen molar-refractivity contribution in [2.45, 2.75) is 18.7 Å². The highest BCUT2D eigenvalue weighted by atomic mass is 35.5. The van der Waals surface area contributed by atoms with Crippen molar-refractivity contribution in [2.75, 3.05) is 4.72 Å². The first-order valence-electron chi connectivity index (χ1n) is 7.26. The summed E-state index contributed by atoms with van der Waals surface area (Å²) in [6, 6.07) is 11.6. The van der Waals surface area contributed by atoms with E-state index >= 15 is 0 Å². The molecule has 0 radical (unpaired) electrons. The summed E-state index contributed by atoms with van der Waals surface area (Å²) in [4.78, 5) is 0.190. The molecule has 0 aliphatic carbocycles. The van der Waals surface area contributed by atoms with Gasteiger partial charge in [-0.3, -0.25) is 4.72 Å². The molecule has 0 fully saturated rings. The molecule has 1 heterocycles. The van der Waals surface area contributed by atoms with Gasteiger partial charge in [0.05, 0.1) is 22.5 Å². The van der Waals surface area contributed by atoms with Crippen molar-refractivity contribution in [1.82, 2.24) is 9.78 Å². The SMILES string of the molecule is Cc1ccc(S(=O)(=O)Nc2cc(Cl)ccc2-n2cc(C)cn2)cc1. The van der Waals surface area contributed by atoms with Gasteiger partial charge in [0, 0.05) is 11.2 Å². The molecule has 3 rings (SSSR count). The van der Waals surface area contributed by atoms with Gasteiger partial charge in [-0.25, -0.2) is 13.1 Å². The smallest absolute Gasteiger partial charge is 0.261 e. The number of halogens is 1. The van der Waals surface area contributed by atoms with Crippen molar-refractivity contribution >= 4 is 27.3 Å². The largest absolute Gasteiger partial charge is 0.277 e. The third kappa shape index (κ3) is 3.44. The lowest BCUT2D eigenvalue weighted by Gasteiger charge is -2.13. The van der Waals surface area contributed by atoms with Crippen LogP contribution in [0.2, 0.25) is 5.02 Å². The van der Waals surface area contributed by atoms with Crippen molar-refractivity contribution in [3.8, 4) is 5.69 Å². The fourth-order valence-electron chi connectivity index (χ4n) is 2.26. The van der Waals surface area contributed by atoms with Crippen LogP contribution in [0.4, 0.5) is 5.69 Å². The van der Waals surface area contributed by atoms with E-state index in [4.69, 9.17) is 11.6 Å². The fourth-order valence-corrected chi connectivity index (χ4v) is 3.49. The number of hydrogen-bond acceptors (Lipinski definition) is 3. The number of hydrogen-bond donors (Lipinski definition) is 1. The molecule has 0 atom stereocenters. The minimum absolute atomic E-state index is 0.190. The molecule has 3 aromatic rings. The van der Waals surface area contributed by atoms with Crippen LogP contribution in [0.1, 0.15) is 11.1 Å². The number of anilines is 1. The maximum absolute atomic E-state index is 12.6. The number of nitrogens with one attached hydrogen (secondary N) is 1. The van der Waals surface area contributed by atoms with Crippen LogP contribution in [0, 0.1) is 13.8 Å². The van der Waals surface area contributed by atoms with Crippen LogP contribution in [0.25, 0.3) is 5.69 Å². The molecule has 124 valence electrons. The van der Waals surface area contributed by atoms with E-state index in [9.17, 15) is 8.42 Å². The first-order chi connectivity index (χ1) is 11.3. The van der Waals surface area contributed by atoms with Crippen LogP contribution in [-0.4, -0.2) is 18.2 Å². The van der Waals surface area contributed by atoms with Gasteiger partial charge in [0.2, 0.25) is 0 Å². The first kappa shape index (κ1) is 16.5. The van der Waals surface area contributed by atoms with E-state index in [2.05, 4.69) is 9.82 Å². The van der Waals surface area contributed by atoms with Crippen LogP contribution in [0.3, 0.4) is 0 Å². The Morgan fingerprint density at radius 1 is 1.04 bits per heavy atom. The van der Waals surface area contributed by atoms with Crippen LogP contribution in [0.5, 0.6) is 0 Å². The molecule has 0 spiro atoms. The van der Waals surface area contributed by atoms with Crippen molar-refractivity contribution in [1.29, 1.82) is 0 Å². The predicted molar refractivity (Wildman–Crippen MR) is 95.3 cm³/mol. The average molecular weight is 362 g/mol. The van der Waals surface area contributed by atoms with Crippen molar-refractivity contribution in [3.63, 3.8) is 0 Å². The quantitative estimate of drug-likeness (QED) is 0.765. The molecule has 0 bridgehead atoms. The van der Waals surface area contributed by atoms with Gasteiger partial charge in [0.15, 0.2) is 0 Å². The molecular weight excluding hydrogens is 346 g/mol. The molecule has 0 saturated heterocycles. The van der Waals surface area contributed by atoms with Crippen LogP contribution in [0.15, 0.2) is 59.8 Å². The molecule has 7 heteroatoms. The monoisotopic (exact) mass is 361 g/mol. The van der Waals surface area contributed by atoms with Gasteiger partial charge >= 0.3 is 0 Å². The molecule has 1 aromatic heterocycles. The summed E-state index contributed by atoms with van der Waals surface area (Å²) in [6.45, 7) is 3.81. The van der Waals surface area contributed by atoms with Crippen LogP contribution >= 0.6 is 11.6 Å². The summed E-state index contributed by atoms with van der Waals surface area (Å²) >= 11 is 6.04. The Hall–Kier alpha value is -2.31. The van der Waals surface area contributed by atoms with Crippen molar-refractivity contribution in [3.05, 3.63) is 71.0 Å². The van der Waals surface area contributed by atoms with Gasteiger partial charge < -0.3 is 0 Å². The lowest BCUT2D eigenvalue weighted by molar-refractivity contribution is 0.601. The molecule has 0 amide bonds.